The van der Waals surface area contributed by atoms with E-state index in [0.717, 1.165) is 12.5 Å². The summed E-state index contributed by atoms with van der Waals surface area (Å²) in [5.74, 6) is 0.909. The van der Waals surface area contributed by atoms with Crippen LogP contribution in [0.2, 0.25) is 0 Å². The number of hydrogen-bond donors (Lipinski definition) is 0. The Kier molecular flexibility index (Phi) is 5.80. The van der Waals surface area contributed by atoms with Gasteiger partial charge in [-0.2, -0.15) is 0 Å². The van der Waals surface area contributed by atoms with Crippen LogP contribution in [0.4, 0.5) is 0 Å². The Morgan fingerprint density at radius 2 is 2.14 bits per heavy atom. The van der Waals surface area contributed by atoms with Crippen LogP contribution in [-0.2, 0) is 0 Å². The summed E-state index contributed by atoms with van der Waals surface area (Å²) in [6, 6.07) is 0. The predicted octanol–water partition coefficient (Wildman–Crippen LogP) is 3.45. The van der Waals surface area contributed by atoms with Gasteiger partial charge >= 0.3 is 0 Å². The lowest BCUT2D eigenvalue weighted by Crippen LogP contribution is -2.25. The van der Waals surface area contributed by atoms with Crippen molar-refractivity contribution in [3.8, 4) is 0 Å². The van der Waals surface area contributed by atoms with E-state index in [-0.39, 0.29) is 0 Å². The van der Waals surface area contributed by atoms with Crippen LogP contribution in [-0.4, -0.2) is 29.9 Å². The van der Waals surface area contributed by atoms with Crippen molar-refractivity contribution in [3.63, 3.8) is 0 Å². The van der Waals surface area contributed by atoms with Gasteiger partial charge < -0.3 is 0 Å². The molecule has 0 aromatic rings. The van der Waals surface area contributed by atoms with Crippen molar-refractivity contribution in [3.05, 3.63) is 11.6 Å². The number of hydrogen-bond acceptors (Lipinski definition) is 1. The van der Waals surface area contributed by atoms with Gasteiger partial charge in [-0.05, 0) is 52.1 Å². The molecule has 0 saturated carbocycles. The summed E-state index contributed by atoms with van der Waals surface area (Å²) in [7, 11) is 0. The molecule has 1 saturated heterocycles. The molecule has 2 heteroatoms. The molecule has 1 atom stereocenters. The van der Waals surface area contributed by atoms with Gasteiger partial charge in [-0.15, -0.1) is 0 Å². The van der Waals surface area contributed by atoms with Crippen LogP contribution in [0.25, 0.3) is 0 Å². The van der Waals surface area contributed by atoms with Gasteiger partial charge in [-0.25, -0.2) is 0 Å². The molecular weight excluding hydrogens is 238 g/mol. The SMILES string of the molecule is CC(C)=CCN1CCCC(CBr)CC1. The summed E-state index contributed by atoms with van der Waals surface area (Å²) in [6.07, 6.45) is 6.47. The average Bonchev–Trinajstić information content (AvgIpc) is 2.39. The smallest absolute Gasteiger partial charge is 0.0165 e. The molecule has 1 nitrogen and oxygen atoms in total. The van der Waals surface area contributed by atoms with Gasteiger partial charge in [-0.3, -0.25) is 4.90 Å². The fourth-order valence-electron chi connectivity index (χ4n) is 1.87. The van der Waals surface area contributed by atoms with E-state index in [1.165, 1.54) is 43.3 Å². The van der Waals surface area contributed by atoms with E-state index >= 15 is 0 Å². The summed E-state index contributed by atoms with van der Waals surface area (Å²) in [4.78, 5) is 2.58. The Hall–Kier alpha value is 0.180. The van der Waals surface area contributed by atoms with Gasteiger partial charge in [0.05, 0.1) is 0 Å². The Bertz CT molecular complexity index is 185. The first-order valence-corrected chi connectivity index (χ1v) is 6.76. The number of alkyl halides is 1. The van der Waals surface area contributed by atoms with E-state index in [2.05, 4.69) is 40.8 Å². The highest BCUT2D eigenvalue weighted by Crippen LogP contribution is 2.19. The third-order valence-corrected chi connectivity index (χ3v) is 3.83. The molecule has 0 N–H and O–H groups in total. The number of likely N-dealkylation sites (tertiary alicyclic amines) is 1. The molecule has 14 heavy (non-hydrogen) atoms. The summed E-state index contributed by atoms with van der Waals surface area (Å²) in [5, 5.41) is 1.18. The summed E-state index contributed by atoms with van der Waals surface area (Å²) in [6.45, 7) is 8.07. The van der Waals surface area contributed by atoms with Crippen molar-refractivity contribution in [1.29, 1.82) is 0 Å². The largest absolute Gasteiger partial charge is 0.300 e. The van der Waals surface area contributed by atoms with Gasteiger partial charge in [0.15, 0.2) is 0 Å². The van der Waals surface area contributed by atoms with E-state index in [4.69, 9.17) is 0 Å². The van der Waals surface area contributed by atoms with Crippen molar-refractivity contribution in [2.45, 2.75) is 33.1 Å². The molecule has 1 fully saturated rings. The van der Waals surface area contributed by atoms with E-state index in [9.17, 15) is 0 Å². The first-order valence-electron chi connectivity index (χ1n) is 5.64. The van der Waals surface area contributed by atoms with E-state index in [1.807, 2.05) is 0 Å². The predicted molar refractivity (Wildman–Crippen MR) is 67.0 cm³/mol. The molecule has 0 aromatic heterocycles. The highest BCUT2D eigenvalue weighted by molar-refractivity contribution is 9.09. The van der Waals surface area contributed by atoms with Crippen molar-refractivity contribution in [2.75, 3.05) is 25.0 Å². The molecule has 0 bridgehead atoms. The lowest BCUT2D eigenvalue weighted by molar-refractivity contribution is 0.311. The van der Waals surface area contributed by atoms with Crippen LogP contribution < -0.4 is 0 Å². The minimum atomic E-state index is 0.909. The molecular formula is C12H22BrN. The molecule has 0 spiro atoms. The zero-order valence-electron chi connectivity index (χ0n) is 9.43. The fourth-order valence-corrected chi connectivity index (χ4v) is 2.52. The minimum absolute atomic E-state index is 0.909. The lowest BCUT2D eigenvalue weighted by atomic mass is 10.0. The normalized spacial score (nSPS) is 24.4. The maximum Gasteiger partial charge on any atom is 0.0165 e. The second-order valence-electron chi connectivity index (χ2n) is 4.53. The quantitative estimate of drug-likeness (QED) is 0.555. The highest BCUT2D eigenvalue weighted by atomic mass is 79.9. The molecule has 0 radical (unpaired) electrons. The van der Waals surface area contributed by atoms with Crippen LogP contribution in [0, 0.1) is 5.92 Å². The Balaban J connectivity index is 2.31. The highest BCUT2D eigenvalue weighted by Gasteiger charge is 2.14. The summed E-state index contributed by atoms with van der Waals surface area (Å²) < 4.78 is 0. The second-order valence-corrected chi connectivity index (χ2v) is 5.18. The van der Waals surface area contributed by atoms with Crippen molar-refractivity contribution >= 4 is 15.9 Å². The molecule has 1 aliphatic heterocycles. The Morgan fingerprint density at radius 3 is 2.79 bits per heavy atom. The minimum Gasteiger partial charge on any atom is -0.300 e. The van der Waals surface area contributed by atoms with Crippen LogP contribution in [0.1, 0.15) is 33.1 Å². The van der Waals surface area contributed by atoms with E-state index in [1.54, 1.807) is 0 Å². The Morgan fingerprint density at radius 1 is 1.36 bits per heavy atom. The zero-order chi connectivity index (χ0) is 10.4. The van der Waals surface area contributed by atoms with Gasteiger partial charge in [-0.1, -0.05) is 27.6 Å². The van der Waals surface area contributed by atoms with Crippen LogP contribution >= 0.6 is 15.9 Å². The number of halogens is 1. The van der Waals surface area contributed by atoms with Gasteiger partial charge in [0, 0.05) is 11.9 Å². The van der Waals surface area contributed by atoms with Gasteiger partial charge in [0.25, 0.3) is 0 Å². The number of rotatable bonds is 3. The van der Waals surface area contributed by atoms with E-state index in [0.29, 0.717) is 0 Å². The summed E-state index contributed by atoms with van der Waals surface area (Å²) >= 11 is 3.60. The van der Waals surface area contributed by atoms with Gasteiger partial charge in [0.2, 0.25) is 0 Å². The first kappa shape index (κ1) is 12.3. The number of nitrogens with zero attached hydrogens (tertiary/aromatic N) is 1. The maximum absolute atomic E-state index is 3.60. The average molecular weight is 260 g/mol. The molecule has 1 aliphatic rings. The second kappa shape index (κ2) is 6.62. The van der Waals surface area contributed by atoms with Crippen molar-refractivity contribution < 1.29 is 0 Å². The van der Waals surface area contributed by atoms with E-state index < -0.39 is 0 Å². The topological polar surface area (TPSA) is 3.24 Å². The number of allylic oxidation sites excluding steroid dienone is 1. The Labute approximate surface area is 96.7 Å². The lowest BCUT2D eigenvalue weighted by Gasteiger charge is -2.18. The molecule has 1 heterocycles. The van der Waals surface area contributed by atoms with Gasteiger partial charge in [0.1, 0.15) is 0 Å². The zero-order valence-corrected chi connectivity index (χ0v) is 11.0. The maximum atomic E-state index is 3.60. The van der Waals surface area contributed by atoms with Crippen molar-refractivity contribution in [2.24, 2.45) is 5.92 Å². The third kappa shape index (κ3) is 4.61. The monoisotopic (exact) mass is 259 g/mol. The third-order valence-electron chi connectivity index (χ3n) is 2.92. The molecule has 82 valence electrons. The molecule has 1 unspecified atom stereocenters. The first-order chi connectivity index (χ1) is 6.72. The molecule has 0 aliphatic carbocycles. The van der Waals surface area contributed by atoms with Crippen LogP contribution in [0.3, 0.4) is 0 Å². The standard InChI is InChI=1S/C12H22BrN/c1-11(2)5-8-14-7-3-4-12(10-13)6-9-14/h5,12H,3-4,6-10H2,1-2H3. The van der Waals surface area contributed by atoms with Crippen LogP contribution in [0.15, 0.2) is 11.6 Å². The summed E-state index contributed by atoms with van der Waals surface area (Å²) in [5.41, 5.74) is 1.44. The molecule has 0 amide bonds. The van der Waals surface area contributed by atoms with Crippen LogP contribution in [0.5, 0.6) is 0 Å². The van der Waals surface area contributed by atoms with Crippen molar-refractivity contribution in [1.82, 2.24) is 4.90 Å². The molecule has 0 aromatic carbocycles. The fraction of sp³-hybridized carbons (Fsp3) is 0.833. The molecule has 1 rings (SSSR count).